The molecule has 2 heterocycles. The minimum absolute atomic E-state index is 0.00680. The van der Waals surface area contributed by atoms with Crippen LogP contribution in [-0.2, 0) is 6.42 Å². The van der Waals surface area contributed by atoms with Gasteiger partial charge < -0.3 is 10.1 Å². The number of ketones is 1. The number of benzene rings is 2. The zero-order valence-electron chi connectivity index (χ0n) is 18.3. The van der Waals surface area contributed by atoms with Gasteiger partial charge >= 0.3 is 0 Å². The first-order valence-electron chi connectivity index (χ1n) is 10.4. The Bertz CT molecular complexity index is 1270. The monoisotopic (exact) mass is 461 g/mol. The molecule has 0 aliphatic heterocycles. The Morgan fingerprint density at radius 1 is 0.970 bits per heavy atom. The number of nitrogens with one attached hydrogen (secondary N) is 1. The summed E-state index contributed by atoms with van der Waals surface area (Å²) in [5, 5.41) is 16.5. The molecule has 1 N–H and O–H groups in total. The summed E-state index contributed by atoms with van der Waals surface area (Å²) in [4.78, 5) is 24.8. The highest BCUT2D eigenvalue weighted by molar-refractivity contribution is 7.99. The number of nitrogens with zero attached hydrogens (tertiary/aromatic N) is 4. The van der Waals surface area contributed by atoms with E-state index < -0.39 is 0 Å². The SMILES string of the molecule is COc1ccc(C(=O)CSc2ccc3nnc(CCNC(=O)c4ccc(C)cc4)n3n2)cc1. The number of Topliss-reactive ketones (excluding diaryl/α,β-unsaturated/α-hetero) is 1. The number of methoxy groups -OCH3 is 1. The predicted octanol–water partition coefficient (Wildman–Crippen LogP) is 3.39. The maximum Gasteiger partial charge on any atom is 0.251 e. The summed E-state index contributed by atoms with van der Waals surface area (Å²) in [6, 6.07) is 18.1. The third-order valence-corrected chi connectivity index (χ3v) is 5.93. The molecule has 0 aliphatic rings. The number of thioether (sulfide) groups is 1. The summed E-state index contributed by atoms with van der Waals surface area (Å²) in [5.74, 6) is 1.48. The summed E-state index contributed by atoms with van der Waals surface area (Å²) in [5.41, 5.74) is 2.95. The lowest BCUT2D eigenvalue weighted by Crippen LogP contribution is -2.26. The Labute approximate surface area is 195 Å². The van der Waals surface area contributed by atoms with Crippen molar-refractivity contribution in [2.24, 2.45) is 0 Å². The van der Waals surface area contributed by atoms with E-state index in [0.717, 1.165) is 5.56 Å². The second-order valence-corrected chi connectivity index (χ2v) is 8.37. The van der Waals surface area contributed by atoms with Crippen molar-refractivity contribution in [3.63, 3.8) is 0 Å². The van der Waals surface area contributed by atoms with Crippen molar-refractivity contribution >= 4 is 29.1 Å². The van der Waals surface area contributed by atoms with Crippen LogP contribution in [0, 0.1) is 6.92 Å². The van der Waals surface area contributed by atoms with Gasteiger partial charge in [0.2, 0.25) is 0 Å². The average molecular weight is 462 g/mol. The Kier molecular flexibility index (Phi) is 6.99. The van der Waals surface area contributed by atoms with E-state index in [-0.39, 0.29) is 17.4 Å². The number of carbonyl (C=O) groups is 2. The van der Waals surface area contributed by atoms with Crippen molar-refractivity contribution in [1.29, 1.82) is 0 Å². The van der Waals surface area contributed by atoms with Crippen LogP contribution in [0.2, 0.25) is 0 Å². The fraction of sp³-hybridized carbons (Fsp3) is 0.208. The van der Waals surface area contributed by atoms with Gasteiger partial charge in [-0.25, -0.2) is 0 Å². The number of carbonyl (C=O) groups excluding carboxylic acids is 2. The van der Waals surface area contributed by atoms with Crippen LogP contribution in [0.3, 0.4) is 0 Å². The maximum atomic E-state index is 12.5. The number of hydrogen-bond donors (Lipinski definition) is 1. The van der Waals surface area contributed by atoms with Gasteiger partial charge in [-0.15, -0.1) is 10.2 Å². The molecule has 0 atom stereocenters. The molecule has 0 spiro atoms. The van der Waals surface area contributed by atoms with E-state index in [2.05, 4.69) is 20.6 Å². The molecule has 0 saturated heterocycles. The van der Waals surface area contributed by atoms with Crippen molar-refractivity contribution < 1.29 is 14.3 Å². The van der Waals surface area contributed by atoms with Gasteiger partial charge in [0.15, 0.2) is 17.3 Å². The Morgan fingerprint density at radius 2 is 1.70 bits per heavy atom. The number of ether oxygens (including phenoxy) is 1. The lowest BCUT2D eigenvalue weighted by atomic mass is 10.1. The molecular weight excluding hydrogens is 438 g/mol. The molecule has 33 heavy (non-hydrogen) atoms. The summed E-state index contributed by atoms with van der Waals surface area (Å²) in [7, 11) is 1.59. The number of fused-ring (bicyclic) bond motifs is 1. The largest absolute Gasteiger partial charge is 0.497 e. The van der Waals surface area contributed by atoms with Crippen LogP contribution in [0.5, 0.6) is 5.75 Å². The number of aromatic nitrogens is 4. The third-order valence-electron chi connectivity index (χ3n) is 5.01. The van der Waals surface area contributed by atoms with Crippen LogP contribution in [0.1, 0.15) is 32.1 Å². The fourth-order valence-electron chi connectivity index (χ4n) is 3.14. The molecule has 2 aromatic heterocycles. The first kappa shape index (κ1) is 22.5. The van der Waals surface area contributed by atoms with E-state index in [1.165, 1.54) is 11.8 Å². The predicted molar refractivity (Wildman–Crippen MR) is 126 cm³/mol. The van der Waals surface area contributed by atoms with Gasteiger partial charge in [0.25, 0.3) is 5.91 Å². The second-order valence-electron chi connectivity index (χ2n) is 7.37. The molecule has 2 aromatic carbocycles. The highest BCUT2D eigenvalue weighted by Crippen LogP contribution is 2.19. The van der Waals surface area contributed by atoms with Gasteiger partial charge in [0.05, 0.1) is 12.9 Å². The van der Waals surface area contributed by atoms with Crippen molar-refractivity contribution in [2.45, 2.75) is 18.4 Å². The van der Waals surface area contributed by atoms with E-state index in [1.807, 2.05) is 31.2 Å². The van der Waals surface area contributed by atoms with Crippen LogP contribution in [-0.4, -0.2) is 50.9 Å². The van der Waals surface area contributed by atoms with Crippen LogP contribution < -0.4 is 10.1 Å². The molecule has 0 fully saturated rings. The normalized spacial score (nSPS) is 10.8. The Hall–Kier alpha value is -3.72. The summed E-state index contributed by atoms with van der Waals surface area (Å²) in [6.45, 7) is 2.38. The number of aryl methyl sites for hydroxylation is 1. The number of rotatable bonds is 9. The number of hydrogen-bond acceptors (Lipinski definition) is 7. The van der Waals surface area contributed by atoms with E-state index in [0.29, 0.717) is 46.3 Å². The van der Waals surface area contributed by atoms with Gasteiger partial charge in [0.1, 0.15) is 10.8 Å². The summed E-state index contributed by atoms with van der Waals surface area (Å²) < 4.78 is 6.78. The van der Waals surface area contributed by atoms with Gasteiger partial charge in [-0.1, -0.05) is 29.5 Å². The van der Waals surface area contributed by atoms with Gasteiger partial charge in [-0.3, -0.25) is 9.59 Å². The van der Waals surface area contributed by atoms with E-state index >= 15 is 0 Å². The first-order chi connectivity index (χ1) is 16.0. The van der Waals surface area contributed by atoms with Crippen LogP contribution in [0.4, 0.5) is 0 Å². The van der Waals surface area contributed by atoms with Crippen molar-refractivity contribution in [3.05, 3.63) is 83.2 Å². The minimum atomic E-state index is -0.134. The molecule has 0 unspecified atom stereocenters. The van der Waals surface area contributed by atoms with Crippen LogP contribution in [0.25, 0.3) is 5.65 Å². The average Bonchev–Trinajstić information content (AvgIpc) is 3.25. The van der Waals surface area contributed by atoms with E-state index in [1.54, 1.807) is 48.0 Å². The highest BCUT2D eigenvalue weighted by atomic mass is 32.2. The van der Waals surface area contributed by atoms with Crippen LogP contribution in [0.15, 0.2) is 65.7 Å². The summed E-state index contributed by atoms with van der Waals surface area (Å²) in [6.07, 6.45) is 0.477. The molecular formula is C24H23N5O3S. The van der Waals surface area contributed by atoms with Crippen molar-refractivity contribution in [2.75, 3.05) is 19.4 Å². The van der Waals surface area contributed by atoms with Crippen molar-refractivity contribution in [1.82, 2.24) is 25.1 Å². The van der Waals surface area contributed by atoms with Crippen LogP contribution >= 0.6 is 11.8 Å². The minimum Gasteiger partial charge on any atom is -0.497 e. The molecule has 1 amide bonds. The zero-order valence-corrected chi connectivity index (χ0v) is 19.1. The number of amides is 1. The lowest BCUT2D eigenvalue weighted by Gasteiger charge is -2.06. The van der Waals surface area contributed by atoms with E-state index in [9.17, 15) is 9.59 Å². The Morgan fingerprint density at radius 3 is 2.42 bits per heavy atom. The highest BCUT2D eigenvalue weighted by Gasteiger charge is 2.12. The van der Waals surface area contributed by atoms with Gasteiger partial charge in [-0.2, -0.15) is 9.61 Å². The molecule has 0 bridgehead atoms. The van der Waals surface area contributed by atoms with E-state index in [4.69, 9.17) is 4.74 Å². The molecule has 4 rings (SSSR count). The topological polar surface area (TPSA) is 98.5 Å². The molecule has 0 radical (unpaired) electrons. The fourth-order valence-corrected chi connectivity index (χ4v) is 3.89. The Balaban J connectivity index is 1.36. The standard InChI is InChI=1S/C24H23N5O3S/c1-16-3-5-18(6-4-16)24(31)25-14-13-22-27-26-21-11-12-23(28-29(21)22)33-15-20(30)17-7-9-19(32-2)10-8-17/h3-12H,13-15H2,1-2H3,(H,25,31). The zero-order chi connectivity index (χ0) is 23.2. The second kappa shape index (κ2) is 10.3. The lowest BCUT2D eigenvalue weighted by molar-refractivity contribution is 0.0953. The smallest absolute Gasteiger partial charge is 0.251 e. The van der Waals surface area contributed by atoms with Gasteiger partial charge in [0, 0.05) is 24.1 Å². The quantitative estimate of drug-likeness (QED) is 0.301. The molecule has 0 saturated carbocycles. The maximum absolute atomic E-state index is 12.5. The summed E-state index contributed by atoms with van der Waals surface area (Å²) >= 11 is 1.35. The molecule has 9 heteroatoms. The first-order valence-corrected chi connectivity index (χ1v) is 11.4. The molecule has 168 valence electrons. The van der Waals surface area contributed by atoms with Crippen molar-refractivity contribution in [3.8, 4) is 5.75 Å². The molecule has 8 nitrogen and oxygen atoms in total. The van der Waals surface area contributed by atoms with Gasteiger partial charge in [-0.05, 0) is 55.5 Å². The molecule has 4 aromatic rings. The third kappa shape index (κ3) is 5.56. The molecule has 0 aliphatic carbocycles.